The lowest BCUT2D eigenvalue weighted by atomic mass is 9.77. The van der Waals surface area contributed by atoms with Crippen molar-refractivity contribution in [2.45, 2.75) is 45.8 Å². The maximum absolute atomic E-state index is 12.3. The van der Waals surface area contributed by atoms with E-state index in [2.05, 4.69) is 18.7 Å². The van der Waals surface area contributed by atoms with E-state index in [1.807, 2.05) is 35.2 Å². The zero-order valence-electron chi connectivity index (χ0n) is 14.3. The van der Waals surface area contributed by atoms with Gasteiger partial charge in [0.05, 0.1) is 0 Å². The number of rotatable bonds is 3. The van der Waals surface area contributed by atoms with Crippen LogP contribution < -0.4 is 0 Å². The van der Waals surface area contributed by atoms with E-state index in [-0.39, 0.29) is 6.09 Å². The summed E-state index contributed by atoms with van der Waals surface area (Å²) < 4.78 is 5.48. The van der Waals surface area contributed by atoms with E-state index in [1.165, 1.54) is 12.8 Å². The molecule has 0 atom stereocenters. The molecule has 0 radical (unpaired) electrons. The first-order valence-electron chi connectivity index (χ1n) is 8.78. The van der Waals surface area contributed by atoms with Gasteiger partial charge in [0, 0.05) is 19.1 Å². The molecule has 2 heterocycles. The largest absolute Gasteiger partial charge is 0.445 e. The molecule has 4 heteroatoms. The molecule has 3 rings (SSSR count). The first-order chi connectivity index (χ1) is 11.1. The fraction of sp³-hybridized carbons (Fsp3) is 0.632. The number of hydrogen-bond donors (Lipinski definition) is 0. The molecule has 0 aliphatic carbocycles. The van der Waals surface area contributed by atoms with Crippen molar-refractivity contribution in [2.75, 3.05) is 26.2 Å². The summed E-state index contributed by atoms with van der Waals surface area (Å²) in [6.07, 6.45) is 3.37. The molecule has 0 unspecified atom stereocenters. The Hall–Kier alpha value is -1.55. The van der Waals surface area contributed by atoms with Crippen LogP contribution in [0, 0.1) is 5.41 Å². The maximum atomic E-state index is 12.3. The SMILES string of the molecule is CC(C)N1CCC2(CCN(C(=O)OCc3ccccc3)C2)CC1. The molecule has 0 bridgehead atoms. The van der Waals surface area contributed by atoms with Gasteiger partial charge in [0.2, 0.25) is 0 Å². The summed E-state index contributed by atoms with van der Waals surface area (Å²) in [7, 11) is 0. The fourth-order valence-corrected chi connectivity index (χ4v) is 3.82. The maximum Gasteiger partial charge on any atom is 0.410 e. The molecule has 126 valence electrons. The van der Waals surface area contributed by atoms with Gasteiger partial charge in [0.15, 0.2) is 0 Å². The summed E-state index contributed by atoms with van der Waals surface area (Å²) in [4.78, 5) is 16.8. The smallest absolute Gasteiger partial charge is 0.410 e. The quantitative estimate of drug-likeness (QED) is 0.855. The Kier molecular flexibility index (Phi) is 4.90. The lowest BCUT2D eigenvalue weighted by Crippen LogP contribution is -2.44. The van der Waals surface area contributed by atoms with Crippen molar-refractivity contribution in [1.82, 2.24) is 9.80 Å². The molecule has 2 aliphatic heterocycles. The number of amides is 1. The van der Waals surface area contributed by atoms with Crippen molar-refractivity contribution in [3.63, 3.8) is 0 Å². The Morgan fingerprint density at radius 2 is 1.78 bits per heavy atom. The van der Waals surface area contributed by atoms with Gasteiger partial charge < -0.3 is 14.5 Å². The van der Waals surface area contributed by atoms with Gasteiger partial charge in [0.25, 0.3) is 0 Å². The van der Waals surface area contributed by atoms with Crippen LogP contribution in [0.2, 0.25) is 0 Å². The van der Waals surface area contributed by atoms with E-state index in [0.717, 1.165) is 38.2 Å². The number of ether oxygens (including phenoxy) is 1. The molecule has 0 saturated carbocycles. The number of piperidine rings is 1. The Morgan fingerprint density at radius 3 is 2.43 bits per heavy atom. The number of benzene rings is 1. The van der Waals surface area contributed by atoms with Gasteiger partial charge in [-0.25, -0.2) is 4.79 Å². The van der Waals surface area contributed by atoms with Gasteiger partial charge in [-0.15, -0.1) is 0 Å². The molecule has 0 N–H and O–H groups in total. The van der Waals surface area contributed by atoms with E-state index in [0.29, 0.717) is 18.1 Å². The van der Waals surface area contributed by atoms with Crippen LogP contribution in [0.4, 0.5) is 4.79 Å². The molecule has 4 nitrogen and oxygen atoms in total. The summed E-state index contributed by atoms with van der Waals surface area (Å²) in [6.45, 7) is 8.92. The molecule has 2 saturated heterocycles. The van der Waals surface area contributed by atoms with Gasteiger partial charge in [-0.05, 0) is 57.2 Å². The summed E-state index contributed by atoms with van der Waals surface area (Å²) in [5.74, 6) is 0. The fourth-order valence-electron chi connectivity index (χ4n) is 3.82. The van der Waals surface area contributed by atoms with Crippen molar-refractivity contribution < 1.29 is 9.53 Å². The van der Waals surface area contributed by atoms with Crippen LogP contribution >= 0.6 is 0 Å². The monoisotopic (exact) mass is 316 g/mol. The van der Waals surface area contributed by atoms with Crippen LogP contribution in [-0.2, 0) is 11.3 Å². The second kappa shape index (κ2) is 6.91. The van der Waals surface area contributed by atoms with Crippen LogP contribution in [-0.4, -0.2) is 48.1 Å². The van der Waals surface area contributed by atoms with Gasteiger partial charge in [-0.2, -0.15) is 0 Å². The summed E-state index contributed by atoms with van der Waals surface area (Å²) in [5, 5.41) is 0. The molecule has 1 aromatic rings. The third kappa shape index (κ3) is 3.86. The first kappa shape index (κ1) is 16.3. The second-order valence-corrected chi connectivity index (χ2v) is 7.34. The van der Waals surface area contributed by atoms with E-state index in [1.54, 1.807) is 0 Å². The van der Waals surface area contributed by atoms with Crippen molar-refractivity contribution in [2.24, 2.45) is 5.41 Å². The van der Waals surface area contributed by atoms with Crippen LogP contribution in [0.3, 0.4) is 0 Å². The van der Waals surface area contributed by atoms with E-state index < -0.39 is 0 Å². The summed E-state index contributed by atoms with van der Waals surface area (Å²) >= 11 is 0. The minimum absolute atomic E-state index is 0.156. The topological polar surface area (TPSA) is 32.8 Å². The van der Waals surface area contributed by atoms with Gasteiger partial charge in [-0.1, -0.05) is 30.3 Å². The zero-order chi connectivity index (χ0) is 16.3. The third-order valence-electron chi connectivity index (χ3n) is 5.49. The van der Waals surface area contributed by atoms with Gasteiger partial charge in [0.1, 0.15) is 6.61 Å². The zero-order valence-corrected chi connectivity index (χ0v) is 14.3. The molecule has 1 aromatic carbocycles. The Bertz CT molecular complexity index is 521. The van der Waals surface area contributed by atoms with Crippen molar-refractivity contribution in [1.29, 1.82) is 0 Å². The number of carbonyl (C=O) groups excluding carboxylic acids is 1. The highest BCUT2D eigenvalue weighted by Gasteiger charge is 2.42. The number of hydrogen-bond acceptors (Lipinski definition) is 3. The lowest BCUT2D eigenvalue weighted by Gasteiger charge is -2.40. The predicted octanol–water partition coefficient (Wildman–Crippen LogP) is 3.52. The van der Waals surface area contributed by atoms with Crippen molar-refractivity contribution in [3.05, 3.63) is 35.9 Å². The Morgan fingerprint density at radius 1 is 1.13 bits per heavy atom. The third-order valence-corrected chi connectivity index (χ3v) is 5.49. The minimum Gasteiger partial charge on any atom is -0.445 e. The van der Waals surface area contributed by atoms with Crippen LogP contribution in [0.5, 0.6) is 0 Å². The molecule has 2 fully saturated rings. The summed E-state index contributed by atoms with van der Waals surface area (Å²) in [6, 6.07) is 10.5. The standard InChI is InChI=1S/C19H28N2O2/c1-16(2)20-11-8-19(9-12-20)10-13-21(15-19)18(22)23-14-17-6-4-3-5-7-17/h3-7,16H,8-15H2,1-2H3. The van der Waals surface area contributed by atoms with E-state index in [4.69, 9.17) is 4.74 Å². The van der Waals surface area contributed by atoms with Crippen molar-refractivity contribution in [3.8, 4) is 0 Å². The van der Waals surface area contributed by atoms with Crippen LogP contribution in [0.25, 0.3) is 0 Å². The van der Waals surface area contributed by atoms with Gasteiger partial charge in [-0.3, -0.25) is 0 Å². The average Bonchev–Trinajstić information content (AvgIpc) is 2.98. The van der Waals surface area contributed by atoms with Crippen LogP contribution in [0.1, 0.15) is 38.7 Å². The Labute approximate surface area is 139 Å². The number of likely N-dealkylation sites (tertiary alicyclic amines) is 2. The average molecular weight is 316 g/mol. The summed E-state index contributed by atoms with van der Waals surface area (Å²) in [5.41, 5.74) is 1.37. The van der Waals surface area contributed by atoms with E-state index >= 15 is 0 Å². The predicted molar refractivity (Wildman–Crippen MR) is 91.2 cm³/mol. The van der Waals surface area contributed by atoms with E-state index in [9.17, 15) is 4.79 Å². The molecule has 2 aliphatic rings. The second-order valence-electron chi connectivity index (χ2n) is 7.34. The molecule has 0 aromatic heterocycles. The molecule has 1 amide bonds. The molecule has 23 heavy (non-hydrogen) atoms. The van der Waals surface area contributed by atoms with Gasteiger partial charge >= 0.3 is 6.09 Å². The first-order valence-corrected chi connectivity index (χ1v) is 8.78. The molecular formula is C19H28N2O2. The van der Waals surface area contributed by atoms with Crippen LogP contribution in [0.15, 0.2) is 30.3 Å². The number of carbonyl (C=O) groups is 1. The normalized spacial score (nSPS) is 21.1. The highest BCUT2D eigenvalue weighted by Crippen LogP contribution is 2.40. The highest BCUT2D eigenvalue weighted by molar-refractivity contribution is 5.68. The van der Waals surface area contributed by atoms with Crippen molar-refractivity contribution >= 4 is 6.09 Å². The Balaban J connectivity index is 1.49. The lowest BCUT2D eigenvalue weighted by molar-refractivity contribution is 0.0747. The number of nitrogens with zero attached hydrogens (tertiary/aromatic N) is 2. The molecule has 1 spiro atoms. The highest BCUT2D eigenvalue weighted by atomic mass is 16.6. The molecular weight excluding hydrogens is 288 g/mol. The minimum atomic E-state index is -0.156.